The molecular weight excluding hydrogens is 739 g/mol. The van der Waals surface area contributed by atoms with Crippen LogP contribution in [0.1, 0.15) is 90.9 Å². The van der Waals surface area contributed by atoms with Crippen molar-refractivity contribution >= 4 is 50.3 Å². The molecule has 3 aromatic carbocycles. The molecular formula is C45H51N5O6S. The van der Waals surface area contributed by atoms with E-state index in [4.69, 9.17) is 19.6 Å². The fourth-order valence-corrected chi connectivity index (χ4v) is 8.67. The topological polar surface area (TPSA) is 134 Å². The Bertz CT molecular complexity index is 2240. The third kappa shape index (κ3) is 9.62. The predicted octanol–water partition coefficient (Wildman–Crippen LogP) is 8.78. The number of aromatic nitrogens is 2. The van der Waals surface area contributed by atoms with Crippen molar-refractivity contribution in [2.45, 2.75) is 85.0 Å². The zero-order valence-corrected chi connectivity index (χ0v) is 34.2. The van der Waals surface area contributed by atoms with Crippen molar-refractivity contribution < 1.29 is 29.0 Å². The second-order valence-corrected chi connectivity index (χ2v) is 17.2. The van der Waals surface area contributed by atoms with Crippen molar-refractivity contribution in [3.8, 4) is 16.9 Å². The summed E-state index contributed by atoms with van der Waals surface area (Å²) < 4.78 is 13.4. The number of benzene rings is 3. The number of likely N-dealkylation sites (tertiary alicyclic amines) is 1. The number of nitrogens with one attached hydrogen (secondary N) is 1. The lowest BCUT2D eigenvalue weighted by atomic mass is 9.91. The van der Waals surface area contributed by atoms with Gasteiger partial charge >= 0.3 is 11.9 Å². The number of carboxylic acid groups (broad SMARTS) is 1. The molecule has 4 heterocycles. The molecule has 2 aromatic heterocycles. The van der Waals surface area contributed by atoms with Crippen molar-refractivity contribution in [1.29, 1.82) is 0 Å². The SMILES string of the molecule is Cc1c(O[C@@H](C)CCC2CCN(CC(=O)O)CC2)cccc1-c1ccc(N2CCc3cccc(C(=O)Nc4nc5ccccc5s4)c3C2)nc1C(=O)OC(C)(C)C. The molecule has 2 aliphatic heterocycles. The average molecular weight is 790 g/mol. The number of thiazole rings is 1. The van der Waals surface area contributed by atoms with Gasteiger partial charge < -0.3 is 19.5 Å². The highest BCUT2D eigenvalue weighted by Gasteiger charge is 2.28. The number of piperidine rings is 1. The minimum absolute atomic E-state index is 0.0306. The van der Waals surface area contributed by atoms with Gasteiger partial charge in [0.25, 0.3) is 5.91 Å². The fraction of sp³-hybridized carbons (Fsp3) is 0.400. The maximum atomic E-state index is 13.9. The Morgan fingerprint density at radius 1 is 0.947 bits per heavy atom. The molecule has 0 saturated carbocycles. The smallest absolute Gasteiger partial charge is 0.358 e. The van der Waals surface area contributed by atoms with Crippen LogP contribution in [0, 0.1) is 12.8 Å². The molecule has 1 saturated heterocycles. The van der Waals surface area contributed by atoms with Crippen LogP contribution in [0.2, 0.25) is 0 Å². The van der Waals surface area contributed by atoms with Gasteiger partial charge in [0.05, 0.1) is 22.9 Å². The van der Waals surface area contributed by atoms with Gasteiger partial charge in [-0.15, -0.1) is 0 Å². The molecule has 0 unspecified atom stereocenters. The van der Waals surface area contributed by atoms with E-state index >= 15 is 0 Å². The van der Waals surface area contributed by atoms with Crippen LogP contribution in [0.4, 0.5) is 10.9 Å². The minimum Gasteiger partial charge on any atom is -0.490 e. The molecule has 0 aliphatic carbocycles. The van der Waals surface area contributed by atoms with E-state index in [9.17, 15) is 14.4 Å². The van der Waals surface area contributed by atoms with E-state index in [1.807, 2.05) is 99.3 Å². The number of anilines is 2. The molecule has 11 nitrogen and oxygen atoms in total. The van der Waals surface area contributed by atoms with Crippen molar-refractivity contribution in [1.82, 2.24) is 14.9 Å². The van der Waals surface area contributed by atoms with Crippen molar-refractivity contribution in [3.05, 3.63) is 101 Å². The molecule has 1 atom stereocenters. The molecule has 5 aromatic rings. The fourth-order valence-electron chi connectivity index (χ4n) is 7.81. The van der Waals surface area contributed by atoms with Crippen LogP contribution in [0.15, 0.2) is 72.8 Å². The molecule has 0 radical (unpaired) electrons. The molecule has 2 aliphatic rings. The average Bonchev–Trinajstić information content (AvgIpc) is 3.59. The van der Waals surface area contributed by atoms with E-state index in [-0.39, 0.29) is 24.2 Å². The zero-order chi connectivity index (χ0) is 40.3. The van der Waals surface area contributed by atoms with Gasteiger partial charge in [0.15, 0.2) is 10.8 Å². The number of para-hydroxylation sites is 1. The summed E-state index contributed by atoms with van der Waals surface area (Å²) >= 11 is 1.45. The molecule has 298 valence electrons. The molecule has 12 heteroatoms. The molecule has 7 rings (SSSR count). The summed E-state index contributed by atoms with van der Waals surface area (Å²) in [5, 5.41) is 12.7. The monoisotopic (exact) mass is 789 g/mol. The van der Waals surface area contributed by atoms with Gasteiger partial charge in [-0.3, -0.25) is 19.8 Å². The van der Waals surface area contributed by atoms with E-state index in [1.165, 1.54) is 11.3 Å². The second-order valence-electron chi connectivity index (χ2n) is 16.2. The highest BCUT2D eigenvalue weighted by molar-refractivity contribution is 7.22. The van der Waals surface area contributed by atoms with Gasteiger partial charge in [0.1, 0.15) is 17.2 Å². The normalized spacial score (nSPS) is 15.6. The number of ether oxygens (including phenoxy) is 2. The summed E-state index contributed by atoms with van der Waals surface area (Å²) in [6.45, 7) is 12.5. The van der Waals surface area contributed by atoms with Crippen LogP contribution in [0.25, 0.3) is 21.3 Å². The number of carbonyl (C=O) groups excluding carboxylic acids is 2. The number of fused-ring (bicyclic) bond motifs is 2. The van der Waals surface area contributed by atoms with Crippen LogP contribution in [-0.2, 0) is 22.5 Å². The standard InChI is InChI=1S/C45H51N5O6S/c1-28(16-17-30-20-23-49(24-21-30)27-40(51)52)55-37-14-9-11-32(29(37)2)33-18-19-39(47-41(33)43(54)56-45(3,4)5)50-25-22-31-10-8-12-34(35(31)26-50)42(53)48-44-46-36-13-6-7-15-38(36)57-44/h6-15,18-19,28,30H,16-17,20-27H2,1-5H3,(H,51,52)(H,46,48,53)/t28-/m0/s1. The summed E-state index contributed by atoms with van der Waals surface area (Å²) in [4.78, 5) is 52.4. The van der Waals surface area contributed by atoms with E-state index in [0.717, 1.165) is 77.0 Å². The number of carbonyl (C=O) groups is 3. The third-order valence-corrected chi connectivity index (χ3v) is 11.7. The Labute approximate surface area is 338 Å². The Hall–Kier alpha value is -5.33. The van der Waals surface area contributed by atoms with Crippen molar-refractivity contribution in [2.75, 3.05) is 36.4 Å². The lowest BCUT2D eigenvalue weighted by molar-refractivity contribution is -0.138. The van der Waals surface area contributed by atoms with E-state index in [2.05, 4.69) is 28.2 Å². The summed E-state index contributed by atoms with van der Waals surface area (Å²) in [6.07, 6.45) is 4.58. The van der Waals surface area contributed by atoms with E-state index < -0.39 is 17.5 Å². The maximum Gasteiger partial charge on any atom is 0.358 e. The number of nitrogens with zero attached hydrogens (tertiary/aromatic N) is 4. The second kappa shape index (κ2) is 17.0. The number of pyridine rings is 1. The van der Waals surface area contributed by atoms with Gasteiger partial charge in [-0.2, -0.15) is 0 Å². The first kappa shape index (κ1) is 39.9. The number of hydrogen-bond acceptors (Lipinski definition) is 10. The highest BCUT2D eigenvalue weighted by Crippen LogP contribution is 2.36. The van der Waals surface area contributed by atoms with Crippen molar-refractivity contribution in [3.63, 3.8) is 0 Å². The molecule has 57 heavy (non-hydrogen) atoms. The van der Waals surface area contributed by atoms with Crippen molar-refractivity contribution in [2.24, 2.45) is 5.92 Å². The first-order valence-electron chi connectivity index (χ1n) is 19.8. The largest absolute Gasteiger partial charge is 0.490 e. The number of carboxylic acids is 1. The van der Waals surface area contributed by atoms with E-state index in [0.29, 0.717) is 47.5 Å². The highest BCUT2D eigenvalue weighted by atomic mass is 32.1. The molecule has 1 fully saturated rings. The summed E-state index contributed by atoms with van der Waals surface area (Å²) in [6, 6.07) is 23.4. The molecule has 2 N–H and O–H groups in total. The van der Waals surface area contributed by atoms with Gasteiger partial charge in [0.2, 0.25) is 0 Å². The number of aliphatic carboxylic acids is 1. The van der Waals surface area contributed by atoms with Gasteiger partial charge in [-0.25, -0.2) is 14.8 Å². The van der Waals surface area contributed by atoms with Crippen LogP contribution in [0.5, 0.6) is 5.75 Å². The molecule has 0 spiro atoms. The Balaban J connectivity index is 1.10. The Kier molecular flexibility index (Phi) is 11.9. The van der Waals surface area contributed by atoms with Crippen LogP contribution in [-0.4, -0.2) is 75.7 Å². The minimum atomic E-state index is -0.773. The number of rotatable bonds is 12. The van der Waals surface area contributed by atoms with Gasteiger partial charge in [-0.1, -0.05) is 47.7 Å². The summed E-state index contributed by atoms with van der Waals surface area (Å²) in [5.74, 6) is 0.428. The van der Waals surface area contributed by atoms with Gasteiger partial charge in [-0.05, 0) is 144 Å². The van der Waals surface area contributed by atoms with Crippen LogP contribution < -0.4 is 15.0 Å². The van der Waals surface area contributed by atoms with Crippen LogP contribution >= 0.6 is 11.3 Å². The first-order chi connectivity index (χ1) is 27.3. The summed E-state index contributed by atoms with van der Waals surface area (Å²) in [5.41, 5.74) is 5.35. The maximum absolute atomic E-state index is 13.9. The van der Waals surface area contributed by atoms with E-state index in [1.54, 1.807) is 0 Å². The lowest BCUT2D eigenvalue weighted by Gasteiger charge is -2.31. The Morgan fingerprint density at radius 3 is 2.47 bits per heavy atom. The van der Waals surface area contributed by atoms with Crippen LogP contribution in [0.3, 0.4) is 0 Å². The number of amides is 1. The third-order valence-electron chi connectivity index (χ3n) is 10.8. The van der Waals surface area contributed by atoms with Gasteiger partial charge in [0, 0.05) is 24.2 Å². The Morgan fingerprint density at radius 2 is 1.72 bits per heavy atom. The number of esters is 1. The molecule has 1 amide bonds. The zero-order valence-electron chi connectivity index (χ0n) is 33.3. The molecule has 0 bridgehead atoms. The summed E-state index contributed by atoms with van der Waals surface area (Å²) in [7, 11) is 0. The quantitative estimate of drug-likeness (QED) is 0.118. The lowest BCUT2D eigenvalue weighted by Crippen LogP contribution is -2.37. The number of hydrogen-bond donors (Lipinski definition) is 2. The predicted molar refractivity (Wildman–Crippen MR) is 224 cm³/mol. The first-order valence-corrected chi connectivity index (χ1v) is 20.6.